The molecule has 0 aromatic carbocycles. The lowest BCUT2D eigenvalue weighted by atomic mass is 9.84. The Labute approximate surface area is 82.3 Å². The van der Waals surface area contributed by atoms with Crippen LogP contribution in [-0.4, -0.2) is 24.2 Å². The van der Waals surface area contributed by atoms with Gasteiger partial charge in [0.2, 0.25) is 5.24 Å². The van der Waals surface area contributed by atoms with Gasteiger partial charge in [0.05, 0.1) is 19.1 Å². The molecule has 2 fully saturated rings. The van der Waals surface area contributed by atoms with Gasteiger partial charge >= 0.3 is 0 Å². The van der Waals surface area contributed by atoms with E-state index in [1.807, 2.05) is 0 Å². The summed E-state index contributed by atoms with van der Waals surface area (Å²) in [5.74, 6) is -0.928. The van der Waals surface area contributed by atoms with Crippen molar-refractivity contribution < 1.29 is 14.3 Å². The molecule has 1 aliphatic heterocycles. The zero-order chi connectivity index (χ0) is 9.31. The molecule has 1 atom stereocenters. The van der Waals surface area contributed by atoms with E-state index in [0.717, 1.165) is 25.7 Å². The molecule has 0 aromatic rings. The average molecular weight is 205 g/mol. The zero-order valence-electron chi connectivity index (χ0n) is 7.42. The topological polar surface area (TPSA) is 35.5 Å². The van der Waals surface area contributed by atoms with Crippen molar-refractivity contribution in [2.45, 2.75) is 31.5 Å². The Morgan fingerprint density at radius 2 is 2.00 bits per heavy atom. The molecule has 0 unspecified atom stereocenters. The lowest BCUT2D eigenvalue weighted by molar-refractivity contribution is -0.208. The minimum absolute atomic E-state index is 0.259. The van der Waals surface area contributed by atoms with Gasteiger partial charge in [0.25, 0.3) is 0 Å². The largest absolute Gasteiger partial charge is 0.347 e. The van der Waals surface area contributed by atoms with Crippen LogP contribution in [0.1, 0.15) is 25.7 Å². The Morgan fingerprint density at radius 3 is 2.62 bits per heavy atom. The normalized spacial score (nSPS) is 32.2. The van der Waals surface area contributed by atoms with Crippen molar-refractivity contribution in [3.63, 3.8) is 0 Å². The minimum atomic E-state index is -0.670. The number of rotatable bonds is 1. The van der Waals surface area contributed by atoms with Crippen molar-refractivity contribution in [1.29, 1.82) is 0 Å². The second-order valence-electron chi connectivity index (χ2n) is 3.61. The highest BCUT2D eigenvalue weighted by Gasteiger charge is 2.48. The number of ether oxygens (including phenoxy) is 2. The second-order valence-corrected chi connectivity index (χ2v) is 3.98. The third-order valence-corrected chi connectivity index (χ3v) is 3.11. The highest BCUT2D eigenvalue weighted by atomic mass is 35.5. The van der Waals surface area contributed by atoms with E-state index in [9.17, 15) is 4.79 Å². The molecule has 3 nitrogen and oxygen atoms in total. The van der Waals surface area contributed by atoms with Gasteiger partial charge in [-0.2, -0.15) is 0 Å². The summed E-state index contributed by atoms with van der Waals surface area (Å²) in [4.78, 5) is 11.2. The quantitative estimate of drug-likeness (QED) is 0.610. The van der Waals surface area contributed by atoms with Crippen LogP contribution >= 0.6 is 11.6 Å². The molecule has 1 heterocycles. The lowest BCUT2D eigenvalue weighted by Gasteiger charge is -2.37. The molecule has 4 heteroatoms. The summed E-state index contributed by atoms with van der Waals surface area (Å²) in [7, 11) is 0. The van der Waals surface area contributed by atoms with Gasteiger partial charge in [0.1, 0.15) is 0 Å². The maximum absolute atomic E-state index is 11.2. The van der Waals surface area contributed by atoms with Crippen molar-refractivity contribution in [2.75, 3.05) is 13.2 Å². The fourth-order valence-electron chi connectivity index (χ4n) is 2.22. The van der Waals surface area contributed by atoms with E-state index >= 15 is 0 Å². The molecule has 0 bridgehead atoms. The fraction of sp³-hybridized carbons (Fsp3) is 0.889. The summed E-state index contributed by atoms with van der Waals surface area (Å²) < 4.78 is 11.1. The summed E-state index contributed by atoms with van der Waals surface area (Å²) in [5.41, 5.74) is 0. The van der Waals surface area contributed by atoms with Crippen LogP contribution in [-0.2, 0) is 14.3 Å². The highest BCUT2D eigenvalue weighted by molar-refractivity contribution is 6.64. The van der Waals surface area contributed by atoms with Crippen LogP contribution in [0.5, 0.6) is 0 Å². The van der Waals surface area contributed by atoms with Gasteiger partial charge in [-0.1, -0.05) is 6.42 Å². The molecule has 74 valence electrons. The van der Waals surface area contributed by atoms with Crippen molar-refractivity contribution in [1.82, 2.24) is 0 Å². The Morgan fingerprint density at radius 1 is 1.31 bits per heavy atom. The fourth-order valence-corrected chi connectivity index (χ4v) is 2.49. The first-order chi connectivity index (χ1) is 6.25. The first-order valence-corrected chi connectivity index (χ1v) is 5.10. The second kappa shape index (κ2) is 3.56. The monoisotopic (exact) mass is 204 g/mol. The van der Waals surface area contributed by atoms with E-state index in [4.69, 9.17) is 21.1 Å². The van der Waals surface area contributed by atoms with Crippen LogP contribution < -0.4 is 0 Å². The van der Waals surface area contributed by atoms with Gasteiger partial charge in [-0.15, -0.1) is 0 Å². The highest BCUT2D eigenvalue weighted by Crippen LogP contribution is 2.41. The number of halogens is 1. The lowest BCUT2D eigenvalue weighted by Crippen LogP contribution is -2.44. The van der Waals surface area contributed by atoms with Crippen LogP contribution in [0, 0.1) is 5.92 Å². The minimum Gasteiger partial charge on any atom is -0.347 e. The summed E-state index contributed by atoms with van der Waals surface area (Å²) in [5, 5.41) is -0.318. The van der Waals surface area contributed by atoms with Gasteiger partial charge in [-0.05, 0) is 24.4 Å². The molecule has 2 aliphatic rings. The molecule has 0 N–H and O–H groups in total. The molecule has 0 amide bonds. The van der Waals surface area contributed by atoms with Crippen molar-refractivity contribution in [3.8, 4) is 0 Å². The molecular formula is C9H13ClO3. The van der Waals surface area contributed by atoms with Gasteiger partial charge in [0, 0.05) is 6.42 Å². The number of hydrogen-bond donors (Lipinski definition) is 0. The Bertz CT molecular complexity index is 211. The van der Waals surface area contributed by atoms with E-state index < -0.39 is 5.79 Å². The predicted octanol–water partition coefficient (Wildman–Crippen LogP) is 1.69. The molecule has 13 heavy (non-hydrogen) atoms. The molecule has 0 aromatic heterocycles. The van der Waals surface area contributed by atoms with E-state index in [-0.39, 0.29) is 11.2 Å². The third kappa shape index (κ3) is 1.60. The molecular weight excluding hydrogens is 192 g/mol. The van der Waals surface area contributed by atoms with E-state index in [0.29, 0.717) is 13.2 Å². The standard InChI is InChI=1S/C9H13ClO3/c10-8(11)7-3-1-2-4-9(7)12-5-6-13-9/h7H,1-6H2/t7-/m1/s1. The van der Waals surface area contributed by atoms with Crippen molar-refractivity contribution in [3.05, 3.63) is 0 Å². The molecule has 1 spiro atoms. The van der Waals surface area contributed by atoms with Gasteiger partial charge < -0.3 is 9.47 Å². The number of carbonyl (C=O) groups is 1. The van der Waals surface area contributed by atoms with Crippen LogP contribution in [0.4, 0.5) is 0 Å². The summed E-state index contributed by atoms with van der Waals surface area (Å²) in [6.07, 6.45) is 3.69. The van der Waals surface area contributed by atoms with E-state index in [1.165, 1.54) is 0 Å². The SMILES string of the molecule is O=C(Cl)[C@H]1CCCCC12OCCO2. The zero-order valence-corrected chi connectivity index (χ0v) is 8.18. The smallest absolute Gasteiger partial charge is 0.230 e. The van der Waals surface area contributed by atoms with Gasteiger partial charge in [-0.3, -0.25) is 4.79 Å². The molecule has 1 saturated carbocycles. The van der Waals surface area contributed by atoms with Gasteiger partial charge in [0.15, 0.2) is 5.79 Å². The molecule has 1 saturated heterocycles. The molecule has 2 rings (SSSR count). The Balaban J connectivity index is 2.16. The number of hydrogen-bond acceptors (Lipinski definition) is 3. The summed E-state index contributed by atoms with van der Waals surface area (Å²) in [6, 6.07) is 0. The van der Waals surface area contributed by atoms with Gasteiger partial charge in [-0.25, -0.2) is 0 Å². The Kier molecular flexibility index (Phi) is 2.58. The van der Waals surface area contributed by atoms with Crippen LogP contribution in [0.15, 0.2) is 0 Å². The number of carbonyl (C=O) groups excluding carboxylic acids is 1. The van der Waals surface area contributed by atoms with E-state index in [2.05, 4.69) is 0 Å². The van der Waals surface area contributed by atoms with E-state index in [1.54, 1.807) is 0 Å². The summed E-state index contributed by atoms with van der Waals surface area (Å²) >= 11 is 5.53. The first-order valence-electron chi connectivity index (χ1n) is 4.72. The van der Waals surface area contributed by atoms with Crippen molar-refractivity contribution >= 4 is 16.8 Å². The summed E-state index contributed by atoms with van der Waals surface area (Å²) in [6.45, 7) is 1.17. The first kappa shape index (κ1) is 9.44. The third-order valence-electron chi connectivity index (χ3n) is 2.85. The maximum atomic E-state index is 11.2. The molecule has 1 aliphatic carbocycles. The average Bonchev–Trinajstić information content (AvgIpc) is 2.54. The molecule has 0 radical (unpaired) electrons. The van der Waals surface area contributed by atoms with Crippen molar-refractivity contribution in [2.24, 2.45) is 5.92 Å². The Hall–Kier alpha value is -0.120. The van der Waals surface area contributed by atoms with Crippen LogP contribution in [0.3, 0.4) is 0 Å². The predicted molar refractivity (Wildman–Crippen MR) is 47.5 cm³/mol. The van der Waals surface area contributed by atoms with Crippen LogP contribution in [0.2, 0.25) is 0 Å². The maximum Gasteiger partial charge on any atom is 0.230 e. The van der Waals surface area contributed by atoms with Crippen LogP contribution in [0.25, 0.3) is 0 Å².